The van der Waals surface area contributed by atoms with E-state index in [0.29, 0.717) is 77.1 Å². The highest BCUT2D eigenvalue weighted by Gasteiger charge is 2.41. The minimum Gasteiger partial charge on any atom is -0.379 e. The number of amides is 2. The van der Waals surface area contributed by atoms with Crippen LogP contribution in [0.3, 0.4) is 0 Å². The molecular formula is C51H68N4O10S2. The zero-order valence-electron chi connectivity index (χ0n) is 38.4. The average molecular weight is 961 g/mol. The van der Waals surface area contributed by atoms with Gasteiger partial charge in [-0.15, -0.1) is 0 Å². The fourth-order valence-electron chi connectivity index (χ4n) is 7.29. The molecule has 0 aromatic heterocycles. The number of aryl methyl sites for hydroxylation is 2. The van der Waals surface area contributed by atoms with E-state index in [2.05, 4.69) is 10.6 Å². The zero-order valence-corrected chi connectivity index (χ0v) is 40.0. The third kappa shape index (κ3) is 15.5. The van der Waals surface area contributed by atoms with Crippen LogP contribution in [-0.2, 0) is 48.6 Å². The van der Waals surface area contributed by atoms with Crippen LogP contribution < -0.4 is 10.6 Å². The standard InChI is InChI=1S/2C25H32N2O5S.CH4/c2*1-3-16-31-18-19-32-17-14-26-25(28)23-13-15-27(24(23)21-7-5-4-6-8-21)33(29,30)22-11-9-20(2)10-12-22;/h2*4-13,24H,3,14-19H2,1-2H3,(H,26,28);1H4. The Balaban J connectivity index is 0.000000288. The smallest absolute Gasteiger partial charge is 0.249 e. The first-order chi connectivity index (χ1) is 31.9. The fourth-order valence-corrected chi connectivity index (χ4v) is 10.4. The summed E-state index contributed by atoms with van der Waals surface area (Å²) in [5, 5.41) is 5.70. The lowest BCUT2D eigenvalue weighted by atomic mass is 10.0. The molecule has 2 aliphatic rings. The van der Waals surface area contributed by atoms with Gasteiger partial charge in [-0.25, -0.2) is 16.8 Å². The number of hydrogen-bond donors (Lipinski definition) is 2. The van der Waals surface area contributed by atoms with Crippen LogP contribution in [0, 0.1) is 13.8 Å². The van der Waals surface area contributed by atoms with Gasteiger partial charge in [0.2, 0.25) is 31.9 Å². The molecule has 2 aliphatic heterocycles. The van der Waals surface area contributed by atoms with Gasteiger partial charge in [0, 0.05) is 50.5 Å². The van der Waals surface area contributed by atoms with Gasteiger partial charge < -0.3 is 29.6 Å². The number of carbonyl (C=O) groups excluding carboxylic acids is 2. The van der Waals surface area contributed by atoms with Gasteiger partial charge in [-0.2, -0.15) is 8.61 Å². The third-order valence-corrected chi connectivity index (χ3v) is 14.4. The topological polar surface area (TPSA) is 170 Å². The molecule has 4 aromatic rings. The second-order valence-electron chi connectivity index (χ2n) is 15.7. The predicted molar refractivity (Wildman–Crippen MR) is 261 cm³/mol. The molecule has 6 rings (SSSR count). The number of benzene rings is 4. The number of rotatable bonds is 24. The average Bonchev–Trinajstić information content (AvgIpc) is 3.99. The number of ether oxygens (including phenoxy) is 4. The van der Waals surface area contributed by atoms with Gasteiger partial charge in [0.05, 0.1) is 61.5 Å². The highest BCUT2D eigenvalue weighted by molar-refractivity contribution is 7.89. The van der Waals surface area contributed by atoms with Gasteiger partial charge in [-0.05, 0) is 62.1 Å². The summed E-state index contributed by atoms with van der Waals surface area (Å²) in [5.74, 6) is -0.590. The maximum Gasteiger partial charge on any atom is 0.249 e. The number of hydrogen-bond acceptors (Lipinski definition) is 10. The summed E-state index contributed by atoms with van der Waals surface area (Å²) < 4.78 is 78.2. The number of nitrogens with one attached hydrogen (secondary N) is 2. The molecule has 0 saturated heterocycles. The van der Waals surface area contributed by atoms with Crippen LogP contribution >= 0.6 is 0 Å². The maximum atomic E-state index is 13.4. The highest BCUT2D eigenvalue weighted by Crippen LogP contribution is 2.39. The molecule has 0 bridgehead atoms. The summed E-state index contributed by atoms with van der Waals surface area (Å²) in [5.41, 5.74) is 4.29. The second kappa shape index (κ2) is 27.7. The Labute approximate surface area is 398 Å². The van der Waals surface area contributed by atoms with Crippen LogP contribution in [0.2, 0.25) is 0 Å². The summed E-state index contributed by atoms with van der Waals surface area (Å²) in [6.07, 6.45) is 5.31. The third-order valence-electron chi connectivity index (χ3n) is 10.7. The normalized spacial score (nSPS) is 16.3. The quantitative estimate of drug-likeness (QED) is 0.0692. The fraction of sp³-hybridized carbons (Fsp3) is 0.412. The van der Waals surface area contributed by atoms with Crippen molar-refractivity contribution < 1.29 is 45.4 Å². The monoisotopic (exact) mass is 960 g/mol. The molecule has 2 amide bonds. The first-order valence-electron chi connectivity index (χ1n) is 22.4. The molecule has 2 unspecified atom stereocenters. The summed E-state index contributed by atoms with van der Waals surface area (Å²) in [4.78, 5) is 26.4. The molecule has 2 N–H and O–H groups in total. The minimum atomic E-state index is -3.80. The lowest BCUT2D eigenvalue weighted by Gasteiger charge is -2.27. The van der Waals surface area contributed by atoms with Gasteiger partial charge in [-0.3, -0.25) is 9.59 Å². The second-order valence-corrected chi connectivity index (χ2v) is 19.5. The summed E-state index contributed by atoms with van der Waals surface area (Å²) in [7, 11) is -7.59. The molecule has 0 radical (unpaired) electrons. The molecule has 0 aliphatic carbocycles. The Morgan fingerprint density at radius 1 is 0.507 bits per heavy atom. The number of carbonyl (C=O) groups is 2. The van der Waals surface area contributed by atoms with Crippen molar-refractivity contribution >= 4 is 31.9 Å². The molecule has 14 nitrogen and oxygen atoms in total. The molecule has 67 heavy (non-hydrogen) atoms. The van der Waals surface area contributed by atoms with Crippen LogP contribution in [-0.4, -0.2) is 116 Å². The van der Waals surface area contributed by atoms with E-state index >= 15 is 0 Å². The molecule has 16 heteroatoms. The van der Waals surface area contributed by atoms with E-state index in [4.69, 9.17) is 18.9 Å². The lowest BCUT2D eigenvalue weighted by molar-refractivity contribution is -0.118. The summed E-state index contributed by atoms with van der Waals surface area (Å²) in [6.45, 7) is 12.9. The SMILES string of the molecule is C.CCCOCCOCCNC(=O)C1=CCN(S(=O)(=O)c2ccc(C)cc2)C1c1ccccc1.CCCOCCOCCNC(=O)C1=CCN(S(=O)(=O)c2ccc(C)cc2)C1c1ccccc1. The Morgan fingerprint density at radius 3 is 1.16 bits per heavy atom. The van der Waals surface area contributed by atoms with E-state index in [1.54, 1.807) is 60.7 Å². The van der Waals surface area contributed by atoms with Crippen LogP contribution in [0.25, 0.3) is 0 Å². The van der Waals surface area contributed by atoms with Crippen LogP contribution in [0.1, 0.15) is 68.5 Å². The first kappa shape index (κ1) is 54.6. The van der Waals surface area contributed by atoms with Crippen molar-refractivity contribution in [3.05, 3.63) is 155 Å². The van der Waals surface area contributed by atoms with Crippen molar-refractivity contribution in [2.75, 3.05) is 79.0 Å². The van der Waals surface area contributed by atoms with Crippen molar-refractivity contribution in [2.24, 2.45) is 0 Å². The van der Waals surface area contributed by atoms with Crippen molar-refractivity contribution in [3.63, 3.8) is 0 Å². The van der Waals surface area contributed by atoms with Crippen molar-refractivity contribution in [1.29, 1.82) is 0 Å². The van der Waals surface area contributed by atoms with E-state index in [1.165, 1.54) is 8.61 Å². The molecule has 4 aromatic carbocycles. The van der Waals surface area contributed by atoms with Crippen molar-refractivity contribution in [3.8, 4) is 0 Å². The van der Waals surface area contributed by atoms with E-state index in [1.807, 2.05) is 88.4 Å². The van der Waals surface area contributed by atoms with Crippen molar-refractivity contribution in [2.45, 2.75) is 69.8 Å². The Morgan fingerprint density at radius 2 is 0.836 bits per heavy atom. The van der Waals surface area contributed by atoms with E-state index < -0.39 is 32.1 Å². The van der Waals surface area contributed by atoms with E-state index in [9.17, 15) is 26.4 Å². The predicted octanol–water partition coefficient (Wildman–Crippen LogP) is 7.09. The maximum absolute atomic E-state index is 13.4. The van der Waals surface area contributed by atoms with Gasteiger partial charge in [0.1, 0.15) is 0 Å². The summed E-state index contributed by atoms with van der Waals surface area (Å²) in [6, 6.07) is 30.6. The minimum absolute atomic E-state index is 0. The zero-order chi connectivity index (χ0) is 47.4. The van der Waals surface area contributed by atoms with Gasteiger partial charge >= 0.3 is 0 Å². The Kier molecular flexibility index (Phi) is 22.6. The lowest BCUT2D eigenvalue weighted by Crippen LogP contribution is -2.36. The van der Waals surface area contributed by atoms with E-state index in [0.717, 1.165) is 35.1 Å². The van der Waals surface area contributed by atoms with Gasteiger partial charge in [0.25, 0.3) is 0 Å². The highest BCUT2D eigenvalue weighted by atomic mass is 32.2. The molecule has 2 atom stereocenters. The van der Waals surface area contributed by atoms with Crippen LogP contribution in [0.15, 0.2) is 142 Å². The molecule has 2 heterocycles. The molecule has 0 saturated carbocycles. The van der Waals surface area contributed by atoms with Gasteiger partial charge in [0.15, 0.2) is 0 Å². The molecular weight excluding hydrogens is 893 g/mol. The number of sulfonamides is 2. The first-order valence-corrected chi connectivity index (χ1v) is 25.3. The Hall–Kier alpha value is -5.04. The molecule has 364 valence electrons. The molecule has 0 fully saturated rings. The van der Waals surface area contributed by atoms with Crippen LogP contribution in [0.4, 0.5) is 0 Å². The van der Waals surface area contributed by atoms with Gasteiger partial charge in [-0.1, -0.05) is 129 Å². The largest absolute Gasteiger partial charge is 0.379 e. The summed E-state index contributed by atoms with van der Waals surface area (Å²) >= 11 is 0. The van der Waals surface area contributed by atoms with E-state index in [-0.39, 0.29) is 42.1 Å². The van der Waals surface area contributed by atoms with Crippen LogP contribution in [0.5, 0.6) is 0 Å². The number of nitrogens with zero attached hydrogens (tertiary/aromatic N) is 2. The molecule has 0 spiro atoms. The van der Waals surface area contributed by atoms with Crippen molar-refractivity contribution in [1.82, 2.24) is 19.2 Å². The Bertz CT molecular complexity index is 2240.